The number of rotatable bonds is 16. The molecule has 2 aromatic rings. The van der Waals surface area contributed by atoms with E-state index in [4.69, 9.17) is 14.3 Å². The van der Waals surface area contributed by atoms with Crippen molar-refractivity contribution in [3.8, 4) is 11.5 Å². The number of methoxy groups -OCH3 is 2. The number of amides is 1. The summed E-state index contributed by atoms with van der Waals surface area (Å²) in [6, 6.07) is 16.1. The van der Waals surface area contributed by atoms with Crippen molar-refractivity contribution in [1.29, 1.82) is 0 Å². The third kappa shape index (κ3) is 11.5. The van der Waals surface area contributed by atoms with Crippen molar-refractivity contribution in [3.05, 3.63) is 60.2 Å². The second-order valence-electron chi connectivity index (χ2n) is 8.87. The fourth-order valence-corrected chi connectivity index (χ4v) is 3.71. The quantitative estimate of drug-likeness (QED) is 0.195. The van der Waals surface area contributed by atoms with Crippen LogP contribution in [0, 0.1) is 0 Å². The lowest BCUT2D eigenvalue weighted by molar-refractivity contribution is -0.142. The third-order valence-corrected chi connectivity index (χ3v) is 5.75. The normalized spacial score (nSPS) is 13.4. The number of esters is 1. The Labute approximate surface area is 219 Å². The van der Waals surface area contributed by atoms with Gasteiger partial charge in [0.15, 0.2) is 0 Å². The summed E-state index contributed by atoms with van der Waals surface area (Å²) in [5.41, 5.74) is 0.947. The van der Waals surface area contributed by atoms with Gasteiger partial charge in [0.25, 0.3) is 0 Å². The van der Waals surface area contributed by atoms with E-state index >= 15 is 0 Å². The Balaban J connectivity index is 2.12. The lowest BCUT2D eigenvalue weighted by Gasteiger charge is -2.30. The van der Waals surface area contributed by atoms with Gasteiger partial charge in [-0.15, -0.1) is 5.06 Å². The van der Waals surface area contributed by atoms with Gasteiger partial charge in [-0.25, -0.2) is 4.79 Å². The first kappa shape index (κ1) is 29.9. The van der Waals surface area contributed by atoms with Crippen LogP contribution in [0.25, 0.3) is 0 Å². The number of ether oxygens (including phenoxy) is 3. The van der Waals surface area contributed by atoms with Gasteiger partial charge < -0.3 is 29.5 Å². The fraction of sp³-hybridized carbons (Fsp3) is 0.500. The van der Waals surface area contributed by atoms with E-state index < -0.39 is 30.3 Å². The lowest BCUT2D eigenvalue weighted by atomic mass is 10.0. The predicted molar refractivity (Wildman–Crippen MR) is 140 cm³/mol. The Hall–Kier alpha value is -3.30. The van der Waals surface area contributed by atoms with Gasteiger partial charge in [0.1, 0.15) is 17.6 Å². The molecule has 2 aromatic carbocycles. The number of aliphatic hydroxyl groups is 1. The van der Waals surface area contributed by atoms with Crippen molar-refractivity contribution < 1.29 is 33.7 Å². The molecule has 0 aliphatic rings. The van der Waals surface area contributed by atoms with Crippen LogP contribution >= 0.6 is 0 Å². The van der Waals surface area contributed by atoms with Crippen LogP contribution in [0.5, 0.6) is 11.5 Å². The van der Waals surface area contributed by atoms with E-state index in [1.54, 1.807) is 43.4 Å². The molecule has 0 saturated heterocycles. The minimum atomic E-state index is -0.969. The third-order valence-electron chi connectivity index (χ3n) is 5.75. The number of nitrogens with one attached hydrogen (secondary N) is 1. The van der Waals surface area contributed by atoms with E-state index in [1.165, 1.54) is 7.11 Å². The first-order valence-corrected chi connectivity index (χ1v) is 12.7. The zero-order valence-electron chi connectivity index (χ0n) is 22.2. The standard InChI is InChI=1S/C28H40N2O7/c1-5-6-10-17-30(37-24-15-13-23(34-3)14-16-24)20-26(31)25(19-22-11-8-7-9-12-22)29-28(33)36-21(2)18-27(32)35-4/h7-9,11-16,21,25-26,31H,5-6,10,17-20H2,1-4H3,(H,29,33). The molecule has 0 heterocycles. The number of hydrogen-bond acceptors (Lipinski definition) is 8. The molecule has 0 fully saturated rings. The van der Waals surface area contributed by atoms with Crippen LogP contribution in [0.4, 0.5) is 4.79 Å². The Morgan fingerprint density at radius 3 is 2.30 bits per heavy atom. The highest BCUT2D eigenvalue weighted by Crippen LogP contribution is 2.19. The smallest absolute Gasteiger partial charge is 0.407 e. The highest BCUT2D eigenvalue weighted by molar-refractivity contribution is 5.71. The maximum atomic E-state index is 12.6. The number of aliphatic hydroxyl groups excluding tert-OH is 1. The van der Waals surface area contributed by atoms with E-state index in [1.807, 2.05) is 30.3 Å². The molecule has 0 spiro atoms. The summed E-state index contributed by atoms with van der Waals surface area (Å²) in [7, 11) is 2.88. The topological polar surface area (TPSA) is 107 Å². The van der Waals surface area contributed by atoms with Gasteiger partial charge in [-0.05, 0) is 49.6 Å². The zero-order chi connectivity index (χ0) is 27.0. The molecule has 0 aliphatic carbocycles. The van der Waals surface area contributed by atoms with Crippen LogP contribution in [0.2, 0.25) is 0 Å². The molecule has 0 bridgehead atoms. The molecule has 3 atom stereocenters. The molecule has 9 heteroatoms. The van der Waals surface area contributed by atoms with Crippen LogP contribution in [-0.4, -0.2) is 67.8 Å². The van der Waals surface area contributed by atoms with Gasteiger partial charge in [0, 0.05) is 6.54 Å². The number of benzene rings is 2. The molecular formula is C28H40N2O7. The first-order chi connectivity index (χ1) is 17.8. The number of unbranched alkanes of at least 4 members (excludes halogenated alkanes) is 2. The molecule has 204 valence electrons. The second-order valence-corrected chi connectivity index (χ2v) is 8.87. The Morgan fingerprint density at radius 1 is 1.00 bits per heavy atom. The van der Waals surface area contributed by atoms with Crippen LogP contribution in [-0.2, 0) is 20.7 Å². The summed E-state index contributed by atoms with van der Waals surface area (Å²) in [5.74, 6) is 0.865. The van der Waals surface area contributed by atoms with Crippen molar-refractivity contribution in [2.24, 2.45) is 0 Å². The van der Waals surface area contributed by atoms with E-state index in [-0.39, 0.29) is 13.0 Å². The monoisotopic (exact) mass is 516 g/mol. The van der Waals surface area contributed by atoms with Gasteiger partial charge in [-0.2, -0.15) is 0 Å². The Kier molecular flexibility index (Phi) is 13.3. The average Bonchev–Trinajstić information content (AvgIpc) is 2.89. The molecule has 37 heavy (non-hydrogen) atoms. The zero-order valence-corrected chi connectivity index (χ0v) is 22.2. The molecule has 2 rings (SSSR count). The van der Waals surface area contributed by atoms with Crippen molar-refractivity contribution in [1.82, 2.24) is 10.4 Å². The molecule has 9 nitrogen and oxygen atoms in total. The number of alkyl carbamates (subject to hydrolysis) is 1. The molecule has 0 aromatic heterocycles. The van der Waals surface area contributed by atoms with E-state index in [9.17, 15) is 14.7 Å². The molecule has 1 amide bonds. The second kappa shape index (κ2) is 16.4. The highest BCUT2D eigenvalue weighted by atomic mass is 16.7. The van der Waals surface area contributed by atoms with Gasteiger partial charge in [-0.1, -0.05) is 50.1 Å². The molecule has 0 radical (unpaired) electrons. The van der Waals surface area contributed by atoms with Crippen molar-refractivity contribution in [3.63, 3.8) is 0 Å². The Morgan fingerprint density at radius 2 is 1.68 bits per heavy atom. The van der Waals surface area contributed by atoms with Gasteiger partial charge in [-0.3, -0.25) is 4.79 Å². The van der Waals surface area contributed by atoms with Crippen LogP contribution in [0.1, 0.15) is 45.1 Å². The number of hydroxylamine groups is 2. The van der Waals surface area contributed by atoms with Crippen LogP contribution in [0.3, 0.4) is 0 Å². The minimum absolute atomic E-state index is 0.0588. The van der Waals surface area contributed by atoms with Gasteiger partial charge >= 0.3 is 12.1 Å². The van der Waals surface area contributed by atoms with Crippen molar-refractivity contribution >= 4 is 12.1 Å². The molecule has 2 N–H and O–H groups in total. The van der Waals surface area contributed by atoms with Crippen LogP contribution in [0.15, 0.2) is 54.6 Å². The lowest BCUT2D eigenvalue weighted by Crippen LogP contribution is -2.50. The largest absolute Gasteiger partial charge is 0.497 e. The summed E-state index contributed by atoms with van der Waals surface area (Å²) < 4.78 is 15.2. The highest BCUT2D eigenvalue weighted by Gasteiger charge is 2.26. The Bertz CT molecular complexity index is 924. The fourth-order valence-electron chi connectivity index (χ4n) is 3.71. The number of carbonyl (C=O) groups is 2. The SMILES string of the molecule is CCCCCN(CC(O)C(Cc1ccccc1)NC(=O)OC(C)CC(=O)OC)Oc1ccc(OC)cc1. The van der Waals surface area contributed by atoms with Crippen LogP contribution < -0.4 is 14.9 Å². The number of nitrogens with zero attached hydrogens (tertiary/aromatic N) is 1. The van der Waals surface area contributed by atoms with E-state index in [0.29, 0.717) is 18.7 Å². The molecule has 0 saturated carbocycles. The van der Waals surface area contributed by atoms with Crippen molar-refractivity contribution in [2.75, 3.05) is 27.3 Å². The number of carbonyl (C=O) groups excluding carboxylic acids is 2. The summed E-state index contributed by atoms with van der Waals surface area (Å²) in [4.78, 5) is 30.2. The van der Waals surface area contributed by atoms with E-state index in [2.05, 4.69) is 17.0 Å². The maximum absolute atomic E-state index is 12.6. The molecule has 3 unspecified atom stereocenters. The molecule has 0 aliphatic heterocycles. The van der Waals surface area contributed by atoms with Crippen molar-refractivity contribution in [2.45, 2.75) is 64.2 Å². The number of hydrogen-bond donors (Lipinski definition) is 2. The molecular weight excluding hydrogens is 476 g/mol. The summed E-state index contributed by atoms with van der Waals surface area (Å²) in [5, 5.41) is 15.7. The van der Waals surface area contributed by atoms with Gasteiger partial charge in [0.05, 0.1) is 39.3 Å². The average molecular weight is 517 g/mol. The predicted octanol–water partition coefficient (Wildman–Crippen LogP) is 4.13. The summed E-state index contributed by atoms with van der Waals surface area (Å²) in [6.07, 6.45) is 0.925. The van der Waals surface area contributed by atoms with Gasteiger partial charge in [0.2, 0.25) is 0 Å². The minimum Gasteiger partial charge on any atom is -0.497 e. The summed E-state index contributed by atoms with van der Waals surface area (Å²) in [6.45, 7) is 4.49. The summed E-state index contributed by atoms with van der Waals surface area (Å²) >= 11 is 0. The first-order valence-electron chi connectivity index (χ1n) is 12.7. The maximum Gasteiger partial charge on any atom is 0.407 e. The van der Waals surface area contributed by atoms with E-state index in [0.717, 1.165) is 30.6 Å².